The van der Waals surface area contributed by atoms with Crippen molar-refractivity contribution in [1.82, 2.24) is 4.90 Å². The van der Waals surface area contributed by atoms with Crippen molar-refractivity contribution in [3.05, 3.63) is 105 Å². The van der Waals surface area contributed by atoms with Gasteiger partial charge < -0.3 is 5.32 Å². The van der Waals surface area contributed by atoms with Crippen LogP contribution in [0, 0.1) is 21.8 Å². The normalized spacial score (nSPS) is 27.0. The van der Waals surface area contributed by atoms with Crippen molar-refractivity contribution in [2.45, 2.75) is 17.5 Å². The summed E-state index contributed by atoms with van der Waals surface area (Å²) < 4.78 is 13.7. The second-order valence-electron chi connectivity index (χ2n) is 9.03. The second kappa shape index (κ2) is 8.00. The van der Waals surface area contributed by atoms with E-state index in [-0.39, 0.29) is 23.4 Å². The summed E-state index contributed by atoms with van der Waals surface area (Å²) in [7, 11) is 0. The maximum absolute atomic E-state index is 14.2. The van der Waals surface area contributed by atoms with Gasteiger partial charge in [-0.2, -0.15) is 0 Å². The molecule has 1 amide bonds. The van der Waals surface area contributed by atoms with Crippen LogP contribution < -0.4 is 5.32 Å². The smallest absolute Gasteiger partial charge is 0.269 e. The van der Waals surface area contributed by atoms with Gasteiger partial charge in [-0.15, -0.1) is 11.8 Å². The Kier molecular flexibility index (Phi) is 5.01. The van der Waals surface area contributed by atoms with E-state index in [9.17, 15) is 24.1 Å². The molecule has 9 heteroatoms. The lowest BCUT2D eigenvalue weighted by Gasteiger charge is -2.36. The van der Waals surface area contributed by atoms with Crippen molar-refractivity contribution in [2.24, 2.45) is 5.92 Å². The second-order valence-corrected chi connectivity index (χ2v) is 10.0. The Hall–Kier alpha value is -3.56. The Labute approximate surface area is 204 Å². The fourth-order valence-corrected chi connectivity index (χ4v) is 7.37. The molecule has 3 aromatic rings. The molecule has 35 heavy (non-hydrogen) atoms. The third-order valence-electron chi connectivity index (χ3n) is 7.41. The monoisotopic (exact) mass is 489 g/mol. The van der Waals surface area contributed by atoms with Crippen LogP contribution in [0.3, 0.4) is 0 Å². The average molecular weight is 490 g/mol. The predicted molar refractivity (Wildman–Crippen MR) is 130 cm³/mol. The SMILES string of the molecule is O=C(c1ccc(F)cc1)[C@@H]1[C@H](c2cccc([N+](=O)[O-])c2)[C@@H]2CSCN2[C@]12C(=O)Nc1ccccc12. The highest BCUT2D eigenvalue weighted by atomic mass is 32.2. The molecule has 7 nitrogen and oxygen atoms in total. The molecule has 3 aliphatic heterocycles. The number of para-hydroxylation sites is 1. The maximum atomic E-state index is 14.2. The van der Waals surface area contributed by atoms with Crippen molar-refractivity contribution in [3.8, 4) is 0 Å². The van der Waals surface area contributed by atoms with Gasteiger partial charge in [-0.3, -0.25) is 24.6 Å². The molecule has 1 N–H and O–H groups in total. The first-order valence-corrected chi connectivity index (χ1v) is 12.4. The zero-order valence-electron chi connectivity index (χ0n) is 18.4. The van der Waals surface area contributed by atoms with Gasteiger partial charge in [0, 0.05) is 52.5 Å². The van der Waals surface area contributed by atoms with Gasteiger partial charge in [-0.05, 0) is 35.9 Å². The number of fused-ring (bicyclic) bond motifs is 4. The van der Waals surface area contributed by atoms with Crippen molar-refractivity contribution in [3.63, 3.8) is 0 Å². The number of amides is 1. The number of carbonyl (C=O) groups is 2. The number of hydrogen-bond acceptors (Lipinski definition) is 6. The molecule has 0 aromatic heterocycles. The fourth-order valence-electron chi connectivity index (χ4n) is 6.04. The van der Waals surface area contributed by atoms with Crippen LogP contribution in [-0.4, -0.2) is 39.2 Å². The quantitative estimate of drug-likeness (QED) is 0.328. The van der Waals surface area contributed by atoms with Crippen molar-refractivity contribution < 1.29 is 18.9 Å². The molecule has 6 rings (SSSR count). The Balaban J connectivity index is 1.61. The number of anilines is 1. The third kappa shape index (κ3) is 3.08. The topological polar surface area (TPSA) is 92.5 Å². The molecule has 3 aliphatic rings. The molecule has 176 valence electrons. The van der Waals surface area contributed by atoms with E-state index >= 15 is 0 Å². The Morgan fingerprint density at radius 2 is 1.89 bits per heavy atom. The highest BCUT2D eigenvalue weighted by Gasteiger charge is 2.69. The third-order valence-corrected chi connectivity index (χ3v) is 8.44. The first-order valence-electron chi connectivity index (χ1n) is 11.2. The van der Waals surface area contributed by atoms with Crippen LogP contribution in [-0.2, 0) is 10.3 Å². The fraction of sp³-hybridized carbons (Fsp3) is 0.231. The average Bonchev–Trinajstić information content (AvgIpc) is 3.52. The van der Waals surface area contributed by atoms with E-state index in [2.05, 4.69) is 10.2 Å². The molecule has 3 aromatic carbocycles. The minimum Gasteiger partial charge on any atom is -0.324 e. The molecule has 0 unspecified atom stereocenters. The Morgan fingerprint density at radius 3 is 2.66 bits per heavy atom. The largest absolute Gasteiger partial charge is 0.324 e. The lowest BCUT2D eigenvalue weighted by molar-refractivity contribution is -0.384. The standard InChI is InChI=1S/C26H20FN3O4S/c27-17-10-8-15(9-11-17)24(31)23-22(16-4-3-5-18(12-16)30(33)34)21-13-35-14-29(21)26(23)19-6-1-2-7-20(19)28-25(26)32/h1-12,21-23H,13-14H2,(H,28,32)/t21-,22+,23-,26-/m0/s1. The molecule has 4 atom stereocenters. The number of rotatable bonds is 4. The van der Waals surface area contributed by atoms with Gasteiger partial charge in [-0.25, -0.2) is 4.39 Å². The number of ketones is 1. The lowest BCUT2D eigenvalue weighted by atomic mass is 9.69. The van der Waals surface area contributed by atoms with Crippen LogP contribution in [0.2, 0.25) is 0 Å². The zero-order chi connectivity index (χ0) is 24.3. The van der Waals surface area contributed by atoms with Gasteiger partial charge in [0.2, 0.25) is 5.91 Å². The summed E-state index contributed by atoms with van der Waals surface area (Å²) >= 11 is 1.68. The summed E-state index contributed by atoms with van der Waals surface area (Å²) in [5, 5.41) is 14.5. The number of nitrogens with one attached hydrogen (secondary N) is 1. The summed E-state index contributed by atoms with van der Waals surface area (Å²) in [4.78, 5) is 41.3. The highest BCUT2D eigenvalue weighted by molar-refractivity contribution is 7.99. The van der Waals surface area contributed by atoms with Gasteiger partial charge in [-0.1, -0.05) is 30.3 Å². The van der Waals surface area contributed by atoms with E-state index in [1.807, 2.05) is 24.3 Å². The predicted octanol–water partition coefficient (Wildman–Crippen LogP) is 4.55. The molecule has 0 saturated carbocycles. The summed E-state index contributed by atoms with van der Waals surface area (Å²) in [6.07, 6.45) is 0. The zero-order valence-corrected chi connectivity index (χ0v) is 19.2. The highest BCUT2D eigenvalue weighted by Crippen LogP contribution is 2.61. The lowest BCUT2D eigenvalue weighted by Crippen LogP contribution is -2.52. The number of nitro groups is 1. The van der Waals surface area contributed by atoms with Crippen molar-refractivity contribution >= 4 is 34.8 Å². The van der Waals surface area contributed by atoms with Gasteiger partial charge in [0.25, 0.3) is 5.69 Å². The molecule has 0 bridgehead atoms. The minimum absolute atomic E-state index is 0.0649. The first kappa shape index (κ1) is 21.9. The number of thioether (sulfide) groups is 1. The molecule has 0 aliphatic carbocycles. The maximum Gasteiger partial charge on any atom is 0.269 e. The van der Waals surface area contributed by atoms with E-state index in [4.69, 9.17) is 0 Å². The van der Waals surface area contributed by atoms with E-state index in [0.29, 0.717) is 28.4 Å². The molecule has 3 heterocycles. The number of benzene rings is 3. The van der Waals surface area contributed by atoms with Crippen molar-refractivity contribution in [2.75, 3.05) is 16.9 Å². The molecular formula is C26H20FN3O4S. The van der Waals surface area contributed by atoms with Gasteiger partial charge in [0.1, 0.15) is 11.4 Å². The number of nitrogens with zero attached hydrogens (tertiary/aromatic N) is 2. The van der Waals surface area contributed by atoms with E-state index < -0.39 is 28.1 Å². The summed E-state index contributed by atoms with van der Waals surface area (Å²) in [6.45, 7) is 0. The van der Waals surface area contributed by atoms with E-state index in [0.717, 1.165) is 5.56 Å². The van der Waals surface area contributed by atoms with Crippen LogP contribution in [0.15, 0.2) is 72.8 Å². The molecule has 1 spiro atoms. The summed E-state index contributed by atoms with van der Waals surface area (Å²) in [6, 6.07) is 18.9. The first-order chi connectivity index (χ1) is 16.9. The number of nitro benzene ring substituents is 1. The molecule has 2 saturated heterocycles. The van der Waals surface area contributed by atoms with Gasteiger partial charge >= 0.3 is 0 Å². The number of halogens is 1. The van der Waals surface area contributed by atoms with Gasteiger partial charge in [0.15, 0.2) is 5.78 Å². The summed E-state index contributed by atoms with van der Waals surface area (Å²) in [5.41, 5.74) is 0.995. The van der Waals surface area contributed by atoms with Crippen LogP contribution in [0.1, 0.15) is 27.4 Å². The summed E-state index contributed by atoms with van der Waals surface area (Å²) in [5.74, 6) is -1.13. The van der Waals surface area contributed by atoms with Crippen LogP contribution in [0.5, 0.6) is 0 Å². The van der Waals surface area contributed by atoms with E-state index in [1.165, 1.54) is 36.4 Å². The van der Waals surface area contributed by atoms with Crippen LogP contribution >= 0.6 is 11.8 Å². The Morgan fingerprint density at radius 1 is 1.11 bits per heavy atom. The van der Waals surface area contributed by atoms with Crippen LogP contribution in [0.4, 0.5) is 15.8 Å². The minimum atomic E-state index is -1.27. The number of hydrogen-bond donors (Lipinski definition) is 1. The van der Waals surface area contributed by atoms with Gasteiger partial charge in [0.05, 0.1) is 10.8 Å². The van der Waals surface area contributed by atoms with Crippen molar-refractivity contribution in [1.29, 1.82) is 0 Å². The van der Waals surface area contributed by atoms with E-state index in [1.54, 1.807) is 23.9 Å². The van der Waals surface area contributed by atoms with Crippen LogP contribution in [0.25, 0.3) is 0 Å². The number of Topliss-reactive ketones (excluding diaryl/α,β-unsaturated/α-hetero) is 1. The number of carbonyl (C=O) groups excluding carboxylic acids is 2. The molecular weight excluding hydrogens is 469 g/mol. The Bertz CT molecular complexity index is 1380. The number of non-ortho nitro benzene ring substituents is 1. The molecule has 0 radical (unpaired) electrons. The molecule has 2 fully saturated rings.